The monoisotopic (exact) mass is 511 g/mol. The Hall–Kier alpha value is -3.07. The van der Waals surface area contributed by atoms with Gasteiger partial charge in [-0.05, 0) is 57.9 Å². The molecule has 37 heavy (non-hydrogen) atoms. The van der Waals surface area contributed by atoms with E-state index in [0.717, 1.165) is 42.3 Å². The summed E-state index contributed by atoms with van der Waals surface area (Å²) in [6.45, 7) is 5.14. The van der Waals surface area contributed by atoms with E-state index < -0.39 is 6.04 Å². The van der Waals surface area contributed by atoms with E-state index in [-0.39, 0.29) is 35.7 Å². The molecule has 1 saturated heterocycles. The van der Waals surface area contributed by atoms with Gasteiger partial charge in [-0.1, -0.05) is 19.3 Å². The molecule has 2 aromatic rings. The third-order valence-corrected chi connectivity index (χ3v) is 8.18. The number of aryl methyl sites for hydroxylation is 1. The van der Waals surface area contributed by atoms with E-state index in [1.165, 1.54) is 6.42 Å². The Labute approximate surface area is 219 Å². The second-order valence-corrected chi connectivity index (χ2v) is 10.5. The van der Waals surface area contributed by atoms with Crippen molar-refractivity contribution in [1.82, 2.24) is 25.0 Å². The maximum atomic E-state index is 13.7. The van der Waals surface area contributed by atoms with E-state index in [9.17, 15) is 14.4 Å². The van der Waals surface area contributed by atoms with Crippen LogP contribution in [-0.4, -0.2) is 84.0 Å². The van der Waals surface area contributed by atoms with Crippen molar-refractivity contribution < 1.29 is 19.1 Å². The summed E-state index contributed by atoms with van der Waals surface area (Å²) in [6, 6.07) is 6.66. The van der Waals surface area contributed by atoms with E-state index in [4.69, 9.17) is 4.74 Å². The molecule has 0 spiro atoms. The molecule has 1 unspecified atom stereocenters. The topological polar surface area (TPSA) is 95.9 Å². The molecule has 1 saturated carbocycles. The summed E-state index contributed by atoms with van der Waals surface area (Å²) >= 11 is 0. The van der Waals surface area contributed by atoms with E-state index in [1.807, 2.05) is 52.6 Å². The van der Waals surface area contributed by atoms with Gasteiger partial charge < -0.3 is 29.7 Å². The van der Waals surface area contributed by atoms with Gasteiger partial charge in [0.25, 0.3) is 5.91 Å². The Kier molecular flexibility index (Phi) is 8.42. The number of carbonyl (C=O) groups excluding carboxylic acids is 3. The highest BCUT2D eigenvalue weighted by Gasteiger charge is 2.38. The maximum Gasteiger partial charge on any atom is 0.270 e. The van der Waals surface area contributed by atoms with Gasteiger partial charge in [0.1, 0.15) is 17.5 Å². The number of hydrogen-bond donors (Lipinski definition) is 2. The average Bonchev–Trinajstić information content (AvgIpc) is 3.26. The van der Waals surface area contributed by atoms with Gasteiger partial charge in [-0.3, -0.25) is 14.4 Å². The van der Waals surface area contributed by atoms with Crippen molar-refractivity contribution in [2.24, 2.45) is 13.0 Å². The Morgan fingerprint density at radius 3 is 2.46 bits per heavy atom. The fourth-order valence-corrected chi connectivity index (χ4v) is 5.70. The number of ether oxygens (including phenoxy) is 1. The molecule has 202 valence electrons. The van der Waals surface area contributed by atoms with E-state index >= 15 is 0 Å². The van der Waals surface area contributed by atoms with Crippen LogP contribution in [0.4, 0.5) is 0 Å². The molecule has 3 amide bonds. The number of likely N-dealkylation sites (N-methyl/N-ethyl adjacent to an activating group) is 1. The molecule has 1 aromatic carbocycles. The molecule has 1 aromatic heterocycles. The van der Waals surface area contributed by atoms with Crippen molar-refractivity contribution >= 4 is 28.6 Å². The smallest absolute Gasteiger partial charge is 0.270 e. The number of hydrogen-bond acceptors (Lipinski definition) is 5. The summed E-state index contributed by atoms with van der Waals surface area (Å²) in [6.07, 6.45) is 5.24. The Balaban J connectivity index is 1.48. The summed E-state index contributed by atoms with van der Waals surface area (Å²) < 4.78 is 7.25. The lowest BCUT2D eigenvalue weighted by Crippen LogP contribution is -2.61. The molecule has 2 fully saturated rings. The quantitative estimate of drug-likeness (QED) is 0.596. The zero-order valence-electron chi connectivity index (χ0n) is 22.8. The van der Waals surface area contributed by atoms with Crippen LogP contribution in [-0.2, 0) is 16.6 Å². The molecular weight excluding hydrogens is 470 g/mol. The number of fused-ring (bicyclic) bond motifs is 1. The molecule has 4 rings (SSSR count). The van der Waals surface area contributed by atoms with Crippen LogP contribution in [0.1, 0.15) is 56.4 Å². The van der Waals surface area contributed by atoms with Crippen molar-refractivity contribution in [3.63, 3.8) is 0 Å². The van der Waals surface area contributed by atoms with E-state index in [1.54, 1.807) is 21.1 Å². The standard InChI is InChI=1S/C28H41N5O4/c1-18-17-32(28(36)25(20-9-7-6-8-10-20)30-26(34)19(2)29-3)13-14-33(18)27(35)24-15-21-11-12-22(37-5)16-23(21)31(24)4/h11-12,15-16,18-20,25,29H,6-10,13-14,17H2,1-5H3,(H,30,34)/t18-,19+,25?/m1/s1. The minimum absolute atomic E-state index is 0.0285. The Morgan fingerprint density at radius 2 is 1.81 bits per heavy atom. The number of amides is 3. The van der Waals surface area contributed by atoms with Gasteiger partial charge in [0.05, 0.1) is 18.7 Å². The number of nitrogens with one attached hydrogen (secondary N) is 2. The lowest BCUT2D eigenvalue weighted by atomic mass is 9.83. The second kappa shape index (κ2) is 11.5. The molecule has 3 atom stereocenters. The SMILES string of the molecule is CN[C@@H](C)C(=O)NC(C(=O)N1CCN(C(=O)c2cc3ccc(OC)cc3n2C)[C@H](C)C1)C1CCCCC1. The molecule has 2 N–H and O–H groups in total. The zero-order chi connectivity index (χ0) is 26.7. The van der Waals surface area contributed by atoms with Crippen LogP contribution in [0.3, 0.4) is 0 Å². The third-order valence-electron chi connectivity index (χ3n) is 8.18. The highest BCUT2D eigenvalue weighted by Crippen LogP contribution is 2.29. The minimum Gasteiger partial charge on any atom is -0.497 e. The molecule has 2 aliphatic rings. The summed E-state index contributed by atoms with van der Waals surface area (Å²) in [5.74, 6) is 0.672. The van der Waals surface area contributed by atoms with Crippen molar-refractivity contribution in [1.29, 1.82) is 0 Å². The highest BCUT2D eigenvalue weighted by atomic mass is 16.5. The number of rotatable bonds is 7. The van der Waals surface area contributed by atoms with Crippen LogP contribution in [0.15, 0.2) is 24.3 Å². The highest BCUT2D eigenvalue weighted by molar-refractivity contribution is 5.99. The number of benzene rings is 1. The summed E-state index contributed by atoms with van der Waals surface area (Å²) in [4.78, 5) is 43.7. The van der Waals surface area contributed by atoms with Gasteiger partial charge >= 0.3 is 0 Å². The molecule has 1 aliphatic heterocycles. The van der Waals surface area contributed by atoms with Crippen molar-refractivity contribution in [2.45, 2.75) is 64.1 Å². The number of aromatic nitrogens is 1. The third kappa shape index (κ3) is 5.61. The number of carbonyl (C=O) groups is 3. The number of nitrogens with zero attached hydrogens (tertiary/aromatic N) is 3. The van der Waals surface area contributed by atoms with Crippen molar-refractivity contribution in [3.05, 3.63) is 30.0 Å². The van der Waals surface area contributed by atoms with Gasteiger partial charge in [0.15, 0.2) is 0 Å². The molecule has 9 nitrogen and oxygen atoms in total. The van der Waals surface area contributed by atoms with Crippen LogP contribution in [0.5, 0.6) is 5.75 Å². The first kappa shape index (κ1) is 27.0. The molecule has 9 heteroatoms. The van der Waals surface area contributed by atoms with Gasteiger partial charge in [-0.25, -0.2) is 0 Å². The lowest BCUT2D eigenvalue weighted by Gasteiger charge is -2.42. The maximum absolute atomic E-state index is 13.7. The van der Waals surface area contributed by atoms with E-state index in [2.05, 4.69) is 10.6 Å². The molecule has 2 heterocycles. The van der Waals surface area contributed by atoms with Crippen LogP contribution >= 0.6 is 0 Å². The first-order chi connectivity index (χ1) is 17.7. The summed E-state index contributed by atoms with van der Waals surface area (Å²) in [5, 5.41) is 7.00. The van der Waals surface area contributed by atoms with Crippen molar-refractivity contribution in [3.8, 4) is 5.75 Å². The van der Waals surface area contributed by atoms with Gasteiger partial charge in [-0.2, -0.15) is 0 Å². The molecule has 0 radical (unpaired) electrons. The van der Waals surface area contributed by atoms with Gasteiger partial charge in [0.2, 0.25) is 11.8 Å². The van der Waals surface area contributed by atoms with Crippen LogP contribution in [0, 0.1) is 5.92 Å². The minimum atomic E-state index is -0.522. The zero-order valence-corrected chi connectivity index (χ0v) is 22.8. The van der Waals surface area contributed by atoms with Crippen LogP contribution < -0.4 is 15.4 Å². The van der Waals surface area contributed by atoms with E-state index in [0.29, 0.717) is 25.3 Å². The lowest BCUT2D eigenvalue weighted by molar-refractivity contribution is -0.140. The normalized spacial score (nSPS) is 20.5. The summed E-state index contributed by atoms with van der Waals surface area (Å²) in [5.41, 5.74) is 1.55. The average molecular weight is 512 g/mol. The number of piperazine rings is 1. The fraction of sp³-hybridized carbons (Fsp3) is 0.607. The first-order valence-corrected chi connectivity index (χ1v) is 13.5. The largest absolute Gasteiger partial charge is 0.497 e. The number of methoxy groups -OCH3 is 1. The predicted molar refractivity (Wildman–Crippen MR) is 144 cm³/mol. The Bertz CT molecular complexity index is 1140. The molecular formula is C28H41N5O4. The van der Waals surface area contributed by atoms with Crippen molar-refractivity contribution in [2.75, 3.05) is 33.8 Å². The Morgan fingerprint density at radius 1 is 1.08 bits per heavy atom. The molecule has 1 aliphatic carbocycles. The second-order valence-electron chi connectivity index (χ2n) is 10.5. The summed E-state index contributed by atoms with van der Waals surface area (Å²) in [7, 11) is 5.26. The first-order valence-electron chi connectivity index (χ1n) is 13.5. The predicted octanol–water partition coefficient (Wildman–Crippen LogP) is 2.53. The van der Waals surface area contributed by atoms with Crippen LogP contribution in [0.2, 0.25) is 0 Å². The van der Waals surface area contributed by atoms with Crippen LogP contribution in [0.25, 0.3) is 10.9 Å². The molecule has 0 bridgehead atoms. The van der Waals surface area contributed by atoms with Gasteiger partial charge in [0, 0.05) is 44.2 Å². The fourth-order valence-electron chi connectivity index (χ4n) is 5.70. The van der Waals surface area contributed by atoms with Gasteiger partial charge in [-0.15, -0.1) is 0 Å².